The normalized spacial score (nSPS) is 16.9. The van der Waals surface area contributed by atoms with Crippen molar-refractivity contribution in [2.45, 2.75) is 58.7 Å². The first-order valence-electron chi connectivity index (χ1n) is 8.18. The second-order valence-electron chi connectivity index (χ2n) is 6.21. The summed E-state index contributed by atoms with van der Waals surface area (Å²) in [5, 5.41) is 9.90. The summed E-state index contributed by atoms with van der Waals surface area (Å²) < 4.78 is 1.86. The summed E-state index contributed by atoms with van der Waals surface area (Å²) in [6.45, 7) is 6.48. The zero-order valence-corrected chi connectivity index (χ0v) is 16.5. The maximum atomic E-state index is 12.1. The van der Waals surface area contributed by atoms with E-state index in [0.29, 0.717) is 0 Å². The molecule has 8 nitrogen and oxygen atoms in total. The number of hydrogen-bond donors (Lipinski definition) is 3. The molecule has 0 spiro atoms. The van der Waals surface area contributed by atoms with Gasteiger partial charge in [-0.15, -0.1) is 24.8 Å². The molecule has 0 saturated heterocycles. The molecule has 0 fully saturated rings. The molecule has 25 heavy (non-hydrogen) atoms. The summed E-state index contributed by atoms with van der Waals surface area (Å²) in [6.07, 6.45) is 2.53. The number of fused-ring (bicyclic) bond motifs is 1. The maximum absolute atomic E-state index is 12.1. The molecule has 10 heteroatoms. The predicted octanol–water partition coefficient (Wildman–Crippen LogP) is 0.735. The second-order valence-corrected chi connectivity index (χ2v) is 6.21. The van der Waals surface area contributed by atoms with Crippen molar-refractivity contribution in [2.75, 3.05) is 6.54 Å². The van der Waals surface area contributed by atoms with Crippen LogP contribution in [-0.4, -0.2) is 39.2 Å². The summed E-state index contributed by atoms with van der Waals surface area (Å²) in [5.41, 5.74) is 5.75. The van der Waals surface area contributed by atoms with E-state index in [4.69, 9.17) is 5.73 Å². The molecule has 1 aliphatic rings. The van der Waals surface area contributed by atoms with Crippen LogP contribution in [0, 0.1) is 5.92 Å². The standard InChI is InChI=1S/C15H26N6O2.2ClH/c1-4-11-19-14-10(6-5-7-21(14)20-11)18-12(22)8-17-15(23)13(16)9(2)3;;/h9-10,13H,4-8,16H2,1-3H3,(H,17,23)(H,18,22);2*1H/t10?,13-;;/m0../s1. The minimum Gasteiger partial charge on any atom is -0.346 e. The van der Waals surface area contributed by atoms with Crippen LogP contribution in [-0.2, 0) is 22.6 Å². The van der Waals surface area contributed by atoms with E-state index in [1.165, 1.54) is 0 Å². The Morgan fingerprint density at radius 1 is 1.36 bits per heavy atom. The zero-order chi connectivity index (χ0) is 17.0. The second kappa shape index (κ2) is 10.6. The Balaban J connectivity index is 0.00000288. The van der Waals surface area contributed by atoms with Gasteiger partial charge in [0, 0.05) is 13.0 Å². The molecule has 2 amide bonds. The third-order valence-corrected chi connectivity index (χ3v) is 4.01. The van der Waals surface area contributed by atoms with Gasteiger partial charge in [0.1, 0.15) is 5.82 Å². The van der Waals surface area contributed by atoms with Crippen LogP contribution in [0.5, 0.6) is 0 Å². The summed E-state index contributed by atoms with van der Waals surface area (Å²) in [5.74, 6) is 1.07. The van der Waals surface area contributed by atoms with Crippen molar-refractivity contribution in [1.29, 1.82) is 0 Å². The highest BCUT2D eigenvalue weighted by atomic mass is 35.5. The Kier molecular flexibility index (Phi) is 9.99. The van der Waals surface area contributed by atoms with Gasteiger partial charge >= 0.3 is 0 Å². The van der Waals surface area contributed by atoms with Crippen LogP contribution in [0.15, 0.2) is 0 Å². The molecule has 2 heterocycles. The van der Waals surface area contributed by atoms with Gasteiger partial charge in [0.05, 0.1) is 18.6 Å². The van der Waals surface area contributed by atoms with Gasteiger partial charge in [-0.3, -0.25) is 9.59 Å². The summed E-state index contributed by atoms with van der Waals surface area (Å²) in [4.78, 5) is 28.3. The third kappa shape index (κ3) is 6.13. The van der Waals surface area contributed by atoms with E-state index in [-0.39, 0.29) is 55.1 Å². The van der Waals surface area contributed by atoms with Gasteiger partial charge < -0.3 is 16.4 Å². The van der Waals surface area contributed by atoms with E-state index in [9.17, 15) is 9.59 Å². The van der Waals surface area contributed by atoms with Crippen LogP contribution >= 0.6 is 24.8 Å². The lowest BCUT2D eigenvalue weighted by Gasteiger charge is -2.23. The van der Waals surface area contributed by atoms with Crippen LogP contribution in [0.2, 0.25) is 0 Å². The van der Waals surface area contributed by atoms with Crippen molar-refractivity contribution in [2.24, 2.45) is 11.7 Å². The molecule has 0 aromatic carbocycles. The van der Waals surface area contributed by atoms with Crippen LogP contribution in [0.1, 0.15) is 51.3 Å². The fourth-order valence-corrected chi connectivity index (χ4v) is 2.52. The van der Waals surface area contributed by atoms with E-state index in [1.54, 1.807) is 0 Å². The SMILES string of the molecule is CCc1nc2n(n1)CCCC2NC(=O)CNC(=O)[C@@H](N)C(C)C.Cl.Cl. The number of halogens is 2. The van der Waals surface area contributed by atoms with Gasteiger partial charge in [-0.05, 0) is 18.8 Å². The van der Waals surface area contributed by atoms with Gasteiger partial charge in [-0.2, -0.15) is 5.10 Å². The highest BCUT2D eigenvalue weighted by Crippen LogP contribution is 2.22. The molecule has 1 aromatic heterocycles. The minimum absolute atomic E-state index is 0. The fraction of sp³-hybridized carbons (Fsp3) is 0.733. The Morgan fingerprint density at radius 3 is 2.64 bits per heavy atom. The highest BCUT2D eigenvalue weighted by Gasteiger charge is 2.26. The van der Waals surface area contributed by atoms with Crippen molar-refractivity contribution >= 4 is 36.6 Å². The molecule has 2 atom stereocenters. The number of amides is 2. The van der Waals surface area contributed by atoms with E-state index in [0.717, 1.165) is 37.5 Å². The number of aryl methyl sites for hydroxylation is 2. The number of carbonyl (C=O) groups is 2. The quantitative estimate of drug-likeness (QED) is 0.657. The summed E-state index contributed by atoms with van der Waals surface area (Å²) >= 11 is 0. The Labute approximate surface area is 160 Å². The molecule has 1 aromatic rings. The molecule has 1 aliphatic heterocycles. The number of nitrogens with two attached hydrogens (primary N) is 1. The predicted molar refractivity (Wildman–Crippen MR) is 99.8 cm³/mol. The molecule has 0 aliphatic carbocycles. The fourth-order valence-electron chi connectivity index (χ4n) is 2.52. The van der Waals surface area contributed by atoms with Gasteiger partial charge in [-0.25, -0.2) is 9.67 Å². The first kappa shape index (κ1) is 23.6. The van der Waals surface area contributed by atoms with E-state index < -0.39 is 6.04 Å². The largest absolute Gasteiger partial charge is 0.346 e. The zero-order valence-electron chi connectivity index (χ0n) is 14.8. The Morgan fingerprint density at radius 2 is 2.04 bits per heavy atom. The molecule has 0 bridgehead atoms. The average molecular weight is 395 g/mol. The maximum Gasteiger partial charge on any atom is 0.239 e. The number of hydrogen-bond acceptors (Lipinski definition) is 5. The summed E-state index contributed by atoms with van der Waals surface area (Å²) in [7, 11) is 0. The van der Waals surface area contributed by atoms with E-state index >= 15 is 0 Å². The molecule has 0 saturated carbocycles. The lowest BCUT2D eigenvalue weighted by molar-refractivity contribution is -0.127. The smallest absolute Gasteiger partial charge is 0.239 e. The number of carbonyl (C=O) groups excluding carboxylic acids is 2. The molecule has 144 valence electrons. The van der Waals surface area contributed by atoms with E-state index in [1.807, 2.05) is 25.5 Å². The van der Waals surface area contributed by atoms with Gasteiger partial charge in [0.25, 0.3) is 0 Å². The molecule has 2 rings (SSSR count). The minimum atomic E-state index is -0.604. The van der Waals surface area contributed by atoms with E-state index in [2.05, 4.69) is 20.7 Å². The molecule has 4 N–H and O–H groups in total. The topological polar surface area (TPSA) is 115 Å². The molecule has 1 unspecified atom stereocenters. The van der Waals surface area contributed by atoms with Crippen LogP contribution in [0.3, 0.4) is 0 Å². The first-order valence-corrected chi connectivity index (χ1v) is 8.18. The third-order valence-electron chi connectivity index (χ3n) is 4.01. The number of rotatable bonds is 6. The highest BCUT2D eigenvalue weighted by molar-refractivity contribution is 5.87. The van der Waals surface area contributed by atoms with Crippen molar-refractivity contribution in [3.63, 3.8) is 0 Å². The molecular formula is C15H28Cl2N6O2. The number of nitrogens with zero attached hydrogens (tertiary/aromatic N) is 3. The van der Waals surface area contributed by atoms with Gasteiger partial charge in [-0.1, -0.05) is 20.8 Å². The Bertz CT molecular complexity index is 578. The summed E-state index contributed by atoms with van der Waals surface area (Å²) in [6, 6.07) is -0.757. The number of aromatic nitrogens is 3. The average Bonchev–Trinajstić information content (AvgIpc) is 2.96. The Hall–Kier alpha value is -1.38. The van der Waals surface area contributed by atoms with Gasteiger partial charge in [0.15, 0.2) is 5.82 Å². The van der Waals surface area contributed by atoms with Crippen LogP contribution in [0.4, 0.5) is 0 Å². The van der Waals surface area contributed by atoms with Crippen LogP contribution in [0.25, 0.3) is 0 Å². The van der Waals surface area contributed by atoms with Crippen LogP contribution < -0.4 is 16.4 Å². The van der Waals surface area contributed by atoms with Crippen molar-refractivity contribution in [3.8, 4) is 0 Å². The monoisotopic (exact) mass is 394 g/mol. The molecule has 0 radical (unpaired) electrons. The van der Waals surface area contributed by atoms with Crippen molar-refractivity contribution in [1.82, 2.24) is 25.4 Å². The lowest BCUT2D eigenvalue weighted by atomic mass is 10.1. The van der Waals surface area contributed by atoms with Crippen molar-refractivity contribution in [3.05, 3.63) is 11.6 Å². The lowest BCUT2D eigenvalue weighted by Crippen LogP contribution is -2.47. The van der Waals surface area contributed by atoms with Crippen molar-refractivity contribution < 1.29 is 9.59 Å². The van der Waals surface area contributed by atoms with Gasteiger partial charge in [0.2, 0.25) is 11.8 Å². The number of nitrogens with one attached hydrogen (secondary N) is 2. The first-order chi connectivity index (χ1) is 10.9. The molecular weight excluding hydrogens is 367 g/mol.